The van der Waals surface area contributed by atoms with Crippen LogP contribution in [0.5, 0.6) is 0 Å². The van der Waals surface area contributed by atoms with Gasteiger partial charge in [0.2, 0.25) is 5.91 Å². The van der Waals surface area contributed by atoms with Crippen LogP contribution in [0.1, 0.15) is 80.9 Å². The highest BCUT2D eigenvalue weighted by atomic mass is 35.5. The smallest absolute Gasteiger partial charge is 0.410 e. The maximum atomic E-state index is 14.1. The van der Waals surface area contributed by atoms with Crippen LogP contribution in [0, 0.1) is 12.8 Å². The maximum Gasteiger partial charge on any atom is 0.410 e. The van der Waals surface area contributed by atoms with Gasteiger partial charge in [-0.2, -0.15) is 0 Å². The zero-order chi connectivity index (χ0) is 28.7. The van der Waals surface area contributed by atoms with Crippen molar-refractivity contribution in [2.75, 3.05) is 24.5 Å². The van der Waals surface area contributed by atoms with Crippen molar-refractivity contribution in [3.05, 3.63) is 58.4 Å². The fourth-order valence-corrected chi connectivity index (χ4v) is 6.56. The molecule has 2 aromatic rings. The number of piperidine rings is 1. The maximum absolute atomic E-state index is 14.1. The van der Waals surface area contributed by atoms with Gasteiger partial charge in [0.15, 0.2) is 0 Å². The molecule has 1 saturated heterocycles. The summed E-state index contributed by atoms with van der Waals surface area (Å²) in [7, 11) is 0. The molecule has 3 aliphatic rings. The fourth-order valence-electron chi connectivity index (χ4n) is 6.41. The van der Waals surface area contributed by atoms with Gasteiger partial charge in [0, 0.05) is 37.6 Å². The SMILES string of the molecule is Cc1ncc(Cl)cc1C(=O)N[C@H]1CC[C@H](CN2C(=O)C3(CCN(C(=O)OC(C)(C)C)CC3)c3ccccc32)CC1. The van der Waals surface area contributed by atoms with Crippen LogP contribution in [-0.4, -0.2) is 59.1 Å². The van der Waals surface area contributed by atoms with Crippen molar-refractivity contribution in [2.45, 2.75) is 83.3 Å². The third-order valence-corrected chi connectivity index (χ3v) is 8.76. The summed E-state index contributed by atoms with van der Waals surface area (Å²) in [4.78, 5) is 47.5. The fraction of sp³-hybridized carbons (Fsp3) is 0.548. The Kier molecular flexibility index (Phi) is 7.83. The van der Waals surface area contributed by atoms with Crippen molar-refractivity contribution < 1.29 is 19.1 Å². The highest BCUT2D eigenvalue weighted by Crippen LogP contribution is 2.48. The van der Waals surface area contributed by atoms with E-state index in [1.54, 1.807) is 24.1 Å². The quantitative estimate of drug-likeness (QED) is 0.516. The van der Waals surface area contributed by atoms with Crippen molar-refractivity contribution in [1.82, 2.24) is 15.2 Å². The number of benzene rings is 1. The van der Waals surface area contributed by atoms with Crippen LogP contribution >= 0.6 is 11.6 Å². The van der Waals surface area contributed by atoms with Crippen LogP contribution in [-0.2, 0) is 14.9 Å². The molecule has 214 valence electrons. The summed E-state index contributed by atoms with van der Waals surface area (Å²) in [6.07, 6.45) is 6.01. The van der Waals surface area contributed by atoms with Gasteiger partial charge in [0.25, 0.3) is 5.91 Å². The van der Waals surface area contributed by atoms with Gasteiger partial charge in [-0.25, -0.2) is 4.79 Å². The molecule has 1 aromatic heterocycles. The Labute approximate surface area is 241 Å². The van der Waals surface area contributed by atoms with Gasteiger partial charge in [-0.3, -0.25) is 14.6 Å². The lowest BCUT2D eigenvalue weighted by Crippen LogP contribution is -2.51. The number of fused-ring (bicyclic) bond motifs is 2. The Balaban J connectivity index is 1.21. The number of amides is 3. The summed E-state index contributed by atoms with van der Waals surface area (Å²) in [5, 5.41) is 3.60. The van der Waals surface area contributed by atoms with Gasteiger partial charge in [-0.15, -0.1) is 0 Å². The molecule has 2 fully saturated rings. The summed E-state index contributed by atoms with van der Waals surface area (Å²) in [5.41, 5.74) is 2.10. The van der Waals surface area contributed by atoms with Gasteiger partial charge in [-0.05, 0) is 89.8 Å². The number of carbonyl (C=O) groups excluding carboxylic acids is 3. The Hall–Kier alpha value is -3.13. The van der Waals surface area contributed by atoms with E-state index in [0.29, 0.717) is 54.7 Å². The zero-order valence-corrected chi connectivity index (χ0v) is 24.6. The minimum atomic E-state index is -0.594. The summed E-state index contributed by atoms with van der Waals surface area (Å²) in [5.74, 6) is 0.368. The van der Waals surface area contributed by atoms with Gasteiger partial charge in [-0.1, -0.05) is 29.8 Å². The monoisotopic (exact) mass is 566 g/mol. The topological polar surface area (TPSA) is 91.8 Å². The first-order chi connectivity index (χ1) is 19.0. The van der Waals surface area contributed by atoms with Crippen LogP contribution in [0.2, 0.25) is 5.02 Å². The molecule has 1 aliphatic carbocycles. The summed E-state index contributed by atoms with van der Waals surface area (Å²) in [6.45, 7) is 9.06. The molecular formula is C31H39ClN4O4. The number of para-hydroxylation sites is 1. The lowest BCUT2D eigenvalue weighted by atomic mass is 9.73. The lowest BCUT2D eigenvalue weighted by Gasteiger charge is -2.39. The van der Waals surface area contributed by atoms with Crippen molar-refractivity contribution in [3.63, 3.8) is 0 Å². The standard InChI is InChI=1S/C31H39ClN4O4/c1-20-24(17-22(32)18-33-20)27(37)34-23-11-9-21(10-12-23)19-36-26-8-6-5-7-25(26)31(28(36)38)13-15-35(16-14-31)29(39)40-30(2,3)4/h5-8,17-18,21,23H,9-16,19H2,1-4H3,(H,34,37)/t21-,23-. The molecule has 0 unspecified atom stereocenters. The van der Waals surface area contributed by atoms with Gasteiger partial charge in [0.05, 0.1) is 21.7 Å². The third-order valence-electron chi connectivity index (χ3n) is 8.55. The van der Waals surface area contributed by atoms with Gasteiger partial charge >= 0.3 is 6.09 Å². The number of rotatable bonds is 4. The van der Waals surface area contributed by atoms with E-state index in [0.717, 1.165) is 36.9 Å². The number of nitrogens with one attached hydrogen (secondary N) is 1. The predicted octanol–water partition coefficient (Wildman–Crippen LogP) is 5.65. The van der Waals surface area contributed by atoms with Gasteiger partial charge in [0.1, 0.15) is 5.60 Å². The predicted molar refractivity (Wildman–Crippen MR) is 155 cm³/mol. The Morgan fingerprint density at radius 2 is 1.80 bits per heavy atom. The Morgan fingerprint density at radius 1 is 1.12 bits per heavy atom. The largest absolute Gasteiger partial charge is 0.444 e. The average molecular weight is 567 g/mol. The first-order valence-electron chi connectivity index (χ1n) is 14.3. The molecule has 0 radical (unpaired) electrons. The van der Waals surface area contributed by atoms with Crippen molar-refractivity contribution in [3.8, 4) is 0 Å². The number of carbonyl (C=O) groups is 3. The first kappa shape index (κ1) is 28.4. The molecule has 1 spiro atoms. The molecule has 2 aliphatic heterocycles. The van der Waals surface area contributed by atoms with Crippen LogP contribution in [0.4, 0.5) is 10.5 Å². The molecule has 1 N–H and O–H groups in total. The molecule has 0 atom stereocenters. The van der Waals surface area contributed by atoms with Gasteiger partial charge < -0.3 is 19.9 Å². The summed E-state index contributed by atoms with van der Waals surface area (Å²) < 4.78 is 5.57. The van der Waals surface area contributed by atoms with Crippen molar-refractivity contribution in [2.24, 2.45) is 5.92 Å². The molecule has 3 heterocycles. The molecule has 1 aromatic carbocycles. The minimum absolute atomic E-state index is 0.0900. The second-order valence-electron chi connectivity index (χ2n) is 12.5. The first-order valence-corrected chi connectivity index (χ1v) is 14.7. The van der Waals surface area contributed by atoms with E-state index in [-0.39, 0.29) is 23.9 Å². The van der Waals surface area contributed by atoms with E-state index in [1.807, 2.05) is 37.8 Å². The number of hydrogen-bond donors (Lipinski definition) is 1. The van der Waals surface area contributed by atoms with E-state index in [1.165, 1.54) is 0 Å². The number of anilines is 1. The molecule has 5 rings (SSSR count). The molecule has 3 amide bonds. The van der Waals surface area contributed by atoms with E-state index in [9.17, 15) is 14.4 Å². The molecule has 0 bridgehead atoms. The second-order valence-corrected chi connectivity index (χ2v) is 12.9. The minimum Gasteiger partial charge on any atom is -0.444 e. The Morgan fingerprint density at radius 3 is 2.48 bits per heavy atom. The molecule has 40 heavy (non-hydrogen) atoms. The number of pyridine rings is 1. The summed E-state index contributed by atoms with van der Waals surface area (Å²) >= 11 is 6.05. The molecular weight excluding hydrogens is 528 g/mol. The average Bonchev–Trinajstić information content (AvgIpc) is 3.13. The lowest BCUT2D eigenvalue weighted by molar-refractivity contribution is -0.125. The Bertz CT molecular complexity index is 1290. The number of likely N-dealkylation sites (tertiary alicyclic amines) is 1. The number of aryl methyl sites for hydroxylation is 1. The third kappa shape index (κ3) is 5.69. The van der Waals surface area contributed by atoms with Crippen LogP contribution in [0.3, 0.4) is 0 Å². The molecule has 9 heteroatoms. The van der Waals surface area contributed by atoms with Crippen LogP contribution in [0.15, 0.2) is 36.5 Å². The van der Waals surface area contributed by atoms with Crippen LogP contribution < -0.4 is 10.2 Å². The number of ether oxygens (including phenoxy) is 1. The number of hydrogen-bond acceptors (Lipinski definition) is 5. The molecule has 1 saturated carbocycles. The van der Waals surface area contributed by atoms with E-state index in [4.69, 9.17) is 16.3 Å². The zero-order valence-electron chi connectivity index (χ0n) is 23.8. The molecule has 8 nitrogen and oxygen atoms in total. The highest BCUT2D eigenvalue weighted by Gasteiger charge is 2.52. The van der Waals surface area contributed by atoms with Crippen molar-refractivity contribution >= 4 is 35.2 Å². The van der Waals surface area contributed by atoms with Crippen LogP contribution in [0.25, 0.3) is 0 Å². The normalized spacial score (nSPS) is 22.3. The highest BCUT2D eigenvalue weighted by molar-refractivity contribution is 6.30. The van der Waals surface area contributed by atoms with E-state index >= 15 is 0 Å². The number of aromatic nitrogens is 1. The second kappa shape index (κ2) is 11.0. The van der Waals surface area contributed by atoms with E-state index < -0.39 is 11.0 Å². The summed E-state index contributed by atoms with van der Waals surface area (Å²) in [6, 6.07) is 9.88. The van der Waals surface area contributed by atoms with Crippen molar-refractivity contribution in [1.29, 1.82) is 0 Å². The van der Waals surface area contributed by atoms with E-state index in [2.05, 4.69) is 22.4 Å². The number of nitrogens with zero attached hydrogens (tertiary/aromatic N) is 3. The number of halogens is 1.